The van der Waals surface area contributed by atoms with Gasteiger partial charge in [-0.15, -0.1) is 0 Å². The molecule has 0 spiro atoms. The van der Waals surface area contributed by atoms with E-state index in [2.05, 4.69) is 0 Å². The fourth-order valence-electron chi connectivity index (χ4n) is 3.41. The van der Waals surface area contributed by atoms with Crippen molar-refractivity contribution < 1.29 is 28.5 Å². The molecule has 1 N–H and O–H groups in total. The SMILES string of the molecule is COc1ccc(C(CC(=O)N2CCOCC2)c2oc(C)cc(=O)c2O)cc1OC. The molecule has 1 aromatic carbocycles. The molecule has 156 valence electrons. The minimum atomic E-state index is -0.669. The van der Waals surface area contributed by atoms with Crippen molar-refractivity contribution in [1.82, 2.24) is 4.90 Å². The van der Waals surface area contributed by atoms with Gasteiger partial charge in [-0.1, -0.05) is 6.07 Å². The second-order valence-electron chi connectivity index (χ2n) is 6.80. The number of ether oxygens (including phenoxy) is 3. The van der Waals surface area contributed by atoms with Crippen LogP contribution in [0.4, 0.5) is 0 Å². The van der Waals surface area contributed by atoms with E-state index < -0.39 is 17.1 Å². The van der Waals surface area contributed by atoms with Gasteiger partial charge in [0.05, 0.1) is 33.4 Å². The van der Waals surface area contributed by atoms with Gasteiger partial charge in [0, 0.05) is 25.6 Å². The summed E-state index contributed by atoms with van der Waals surface area (Å²) in [6.45, 7) is 3.59. The summed E-state index contributed by atoms with van der Waals surface area (Å²) in [7, 11) is 3.04. The van der Waals surface area contributed by atoms with Crippen LogP contribution in [0.1, 0.15) is 29.4 Å². The van der Waals surface area contributed by atoms with Gasteiger partial charge in [0.15, 0.2) is 17.3 Å². The van der Waals surface area contributed by atoms with Crippen LogP contribution < -0.4 is 14.9 Å². The predicted octanol–water partition coefficient (Wildman–Crippen LogP) is 2.05. The maximum atomic E-state index is 12.9. The minimum absolute atomic E-state index is 0.0233. The Hall–Kier alpha value is -3.00. The highest BCUT2D eigenvalue weighted by molar-refractivity contribution is 5.78. The van der Waals surface area contributed by atoms with E-state index in [1.165, 1.54) is 20.3 Å². The normalized spacial score (nSPS) is 15.1. The van der Waals surface area contributed by atoms with Gasteiger partial charge < -0.3 is 28.6 Å². The average Bonchev–Trinajstić information content (AvgIpc) is 2.74. The highest BCUT2D eigenvalue weighted by Crippen LogP contribution is 2.37. The van der Waals surface area contributed by atoms with Crippen LogP contribution in [0.5, 0.6) is 17.2 Å². The third-order valence-electron chi connectivity index (χ3n) is 4.94. The largest absolute Gasteiger partial charge is 0.502 e. The van der Waals surface area contributed by atoms with Gasteiger partial charge >= 0.3 is 0 Å². The van der Waals surface area contributed by atoms with E-state index in [4.69, 9.17) is 18.6 Å². The van der Waals surface area contributed by atoms with Crippen molar-refractivity contribution in [2.24, 2.45) is 0 Å². The first-order chi connectivity index (χ1) is 13.9. The van der Waals surface area contributed by atoms with E-state index in [1.54, 1.807) is 30.0 Å². The molecule has 1 saturated heterocycles. The number of morpholine rings is 1. The van der Waals surface area contributed by atoms with E-state index in [-0.39, 0.29) is 18.1 Å². The van der Waals surface area contributed by atoms with Gasteiger partial charge in [-0.3, -0.25) is 9.59 Å². The summed E-state index contributed by atoms with van der Waals surface area (Å²) < 4.78 is 21.7. The third kappa shape index (κ3) is 4.54. The van der Waals surface area contributed by atoms with Gasteiger partial charge in [0.25, 0.3) is 0 Å². The zero-order chi connectivity index (χ0) is 21.0. The molecule has 0 aliphatic carbocycles. The van der Waals surface area contributed by atoms with Crippen molar-refractivity contribution in [1.29, 1.82) is 0 Å². The molecule has 8 heteroatoms. The standard InChI is InChI=1S/C21H25NO7/c1-13-10-16(23)20(25)21(29-13)15(12-19(24)22-6-8-28-9-7-22)14-4-5-17(26-2)18(11-14)27-3/h4-5,10-11,15,25H,6-9,12H2,1-3H3. The molecular formula is C21H25NO7. The average molecular weight is 403 g/mol. The second-order valence-corrected chi connectivity index (χ2v) is 6.80. The molecule has 8 nitrogen and oxygen atoms in total. The maximum Gasteiger partial charge on any atom is 0.227 e. The smallest absolute Gasteiger partial charge is 0.227 e. The minimum Gasteiger partial charge on any atom is -0.502 e. The monoisotopic (exact) mass is 403 g/mol. The summed E-state index contributed by atoms with van der Waals surface area (Å²) in [5, 5.41) is 10.4. The molecule has 1 aliphatic rings. The molecule has 3 rings (SSSR count). The third-order valence-corrected chi connectivity index (χ3v) is 4.94. The number of carbonyl (C=O) groups excluding carboxylic acids is 1. The van der Waals surface area contributed by atoms with Crippen LogP contribution in [-0.2, 0) is 9.53 Å². The molecule has 2 aromatic rings. The van der Waals surface area contributed by atoms with Crippen LogP contribution in [0, 0.1) is 6.92 Å². The lowest BCUT2D eigenvalue weighted by Gasteiger charge is -2.28. The number of benzene rings is 1. The molecule has 0 saturated carbocycles. The lowest BCUT2D eigenvalue weighted by Crippen LogP contribution is -2.41. The first-order valence-electron chi connectivity index (χ1n) is 9.35. The number of carbonyl (C=O) groups is 1. The lowest BCUT2D eigenvalue weighted by molar-refractivity contribution is -0.135. The number of aromatic hydroxyl groups is 1. The van der Waals surface area contributed by atoms with Crippen molar-refractivity contribution in [2.45, 2.75) is 19.3 Å². The van der Waals surface area contributed by atoms with Crippen LogP contribution in [0.2, 0.25) is 0 Å². The summed E-state index contributed by atoms with van der Waals surface area (Å²) >= 11 is 0. The van der Waals surface area contributed by atoms with Gasteiger partial charge in [0.1, 0.15) is 5.76 Å². The lowest BCUT2D eigenvalue weighted by atomic mass is 9.91. The van der Waals surface area contributed by atoms with Crippen molar-refractivity contribution in [3.05, 3.63) is 51.6 Å². The number of hydrogen-bond acceptors (Lipinski definition) is 7. The highest BCUT2D eigenvalue weighted by atomic mass is 16.5. The summed E-state index contributed by atoms with van der Waals surface area (Å²) in [5.74, 6) is 0.142. The van der Waals surface area contributed by atoms with E-state index in [0.717, 1.165) is 0 Å². The Bertz CT molecular complexity index is 931. The van der Waals surface area contributed by atoms with Crippen LogP contribution in [-0.4, -0.2) is 56.4 Å². The predicted molar refractivity (Wildman–Crippen MR) is 105 cm³/mol. The summed E-state index contributed by atoms with van der Waals surface area (Å²) in [4.78, 5) is 26.8. The Kier molecular flexibility index (Phi) is 6.43. The fraction of sp³-hybridized carbons (Fsp3) is 0.429. The zero-order valence-corrected chi connectivity index (χ0v) is 16.8. The van der Waals surface area contributed by atoms with E-state index in [1.807, 2.05) is 0 Å². The molecule has 1 fully saturated rings. The quantitative estimate of drug-likeness (QED) is 0.788. The molecular weight excluding hydrogens is 378 g/mol. The fourth-order valence-corrected chi connectivity index (χ4v) is 3.41. The summed E-state index contributed by atoms with van der Waals surface area (Å²) in [6, 6.07) is 6.41. The highest BCUT2D eigenvalue weighted by Gasteiger charge is 2.29. The summed E-state index contributed by atoms with van der Waals surface area (Å²) in [5.41, 5.74) is 0.112. The number of rotatable bonds is 6. The van der Waals surface area contributed by atoms with Gasteiger partial charge in [-0.05, 0) is 24.6 Å². The number of methoxy groups -OCH3 is 2. The first-order valence-corrected chi connectivity index (χ1v) is 9.35. The molecule has 0 bridgehead atoms. The number of amides is 1. The Morgan fingerprint density at radius 1 is 1.17 bits per heavy atom. The maximum absolute atomic E-state index is 12.9. The molecule has 2 heterocycles. The van der Waals surface area contributed by atoms with Gasteiger partial charge in [-0.25, -0.2) is 0 Å². The number of aryl methyl sites for hydroxylation is 1. The molecule has 1 unspecified atom stereocenters. The van der Waals surface area contributed by atoms with Crippen LogP contribution in [0.3, 0.4) is 0 Å². The van der Waals surface area contributed by atoms with Gasteiger partial charge in [-0.2, -0.15) is 0 Å². The van der Waals surface area contributed by atoms with E-state index >= 15 is 0 Å². The van der Waals surface area contributed by atoms with Crippen molar-refractivity contribution in [2.75, 3.05) is 40.5 Å². The van der Waals surface area contributed by atoms with Crippen molar-refractivity contribution in [3.8, 4) is 17.2 Å². The molecule has 1 atom stereocenters. The molecule has 0 radical (unpaired) electrons. The Morgan fingerprint density at radius 2 is 1.86 bits per heavy atom. The van der Waals surface area contributed by atoms with Crippen LogP contribution >= 0.6 is 0 Å². The Balaban J connectivity index is 2.04. The molecule has 1 aromatic heterocycles. The number of nitrogens with zero attached hydrogens (tertiary/aromatic N) is 1. The Labute approximate surface area is 168 Å². The second kappa shape index (κ2) is 9.00. The molecule has 29 heavy (non-hydrogen) atoms. The summed E-state index contributed by atoms with van der Waals surface area (Å²) in [6.07, 6.45) is 0.0233. The van der Waals surface area contributed by atoms with Crippen LogP contribution in [0.15, 0.2) is 33.5 Å². The Morgan fingerprint density at radius 3 is 2.52 bits per heavy atom. The molecule has 1 amide bonds. The topological polar surface area (TPSA) is 98.4 Å². The van der Waals surface area contributed by atoms with E-state index in [0.29, 0.717) is 49.1 Å². The first kappa shape index (κ1) is 20.7. The zero-order valence-electron chi connectivity index (χ0n) is 16.8. The number of hydrogen-bond donors (Lipinski definition) is 1. The van der Waals surface area contributed by atoms with Crippen molar-refractivity contribution >= 4 is 5.91 Å². The van der Waals surface area contributed by atoms with Crippen LogP contribution in [0.25, 0.3) is 0 Å². The van der Waals surface area contributed by atoms with Gasteiger partial charge in [0.2, 0.25) is 17.1 Å². The molecule has 1 aliphatic heterocycles. The van der Waals surface area contributed by atoms with Crippen molar-refractivity contribution in [3.63, 3.8) is 0 Å². The van der Waals surface area contributed by atoms with E-state index in [9.17, 15) is 14.7 Å².